The molecule has 13 nitrogen and oxygen atoms in total. The lowest BCUT2D eigenvalue weighted by Crippen LogP contribution is -2.48. The molecule has 2 amide bonds. The molecule has 0 fully saturated rings. The molecule has 2 aromatic rings. The van der Waals surface area contributed by atoms with E-state index >= 15 is 0 Å². The zero-order valence-corrected chi connectivity index (χ0v) is 28.2. The number of benzene rings is 1. The van der Waals surface area contributed by atoms with Crippen molar-refractivity contribution in [3.63, 3.8) is 0 Å². The number of hydrogen-bond donors (Lipinski definition) is 5. The molecule has 0 spiro atoms. The third kappa shape index (κ3) is 16.0. The van der Waals surface area contributed by atoms with Gasteiger partial charge in [-0.3, -0.25) is 9.79 Å². The second-order valence-corrected chi connectivity index (χ2v) is 11.2. The van der Waals surface area contributed by atoms with Crippen LogP contribution < -0.4 is 27.8 Å². The van der Waals surface area contributed by atoms with E-state index in [2.05, 4.69) is 32.4 Å². The van der Waals surface area contributed by atoms with Gasteiger partial charge in [0.2, 0.25) is 5.91 Å². The van der Waals surface area contributed by atoms with Gasteiger partial charge in [-0.25, -0.2) is 14.8 Å². The fourth-order valence-electron chi connectivity index (χ4n) is 4.04. The zero-order chi connectivity index (χ0) is 33.8. The molecule has 1 atom stereocenters. The first-order valence-corrected chi connectivity index (χ1v) is 15.7. The Morgan fingerprint density at radius 1 is 1.11 bits per heavy atom. The van der Waals surface area contributed by atoms with Gasteiger partial charge in [0.25, 0.3) is 0 Å². The molecule has 0 radical (unpaired) electrons. The number of nitrogens with one attached hydrogen (secondary N) is 2. The molecule has 0 aliphatic rings. The van der Waals surface area contributed by atoms with Crippen LogP contribution >= 0.6 is 0 Å². The number of likely N-dealkylation sites (N-methyl/N-ethyl adjacent to an activating group) is 1. The lowest BCUT2D eigenvalue weighted by Gasteiger charge is -2.23. The van der Waals surface area contributed by atoms with Gasteiger partial charge < -0.3 is 42.2 Å². The number of amidine groups is 1. The molecular formula is C32H55N9O4. The summed E-state index contributed by atoms with van der Waals surface area (Å²) >= 11 is 0. The highest BCUT2D eigenvalue weighted by Crippen LogP contribution is 2.26. The molecule has 13 heteroatoms. The third-order valence-corrected chi connectivity index (χ3v) is 6.25. The van der Waals surface area contributed by atoms with Gasteiger partial charge in [0.05, 0.1) is 18.7 Å². The van der Waals surface area contributed by atoms with E-state index in [1.54, 1.807) is 20.8 Å². The fraction of sp³-hybridized carbons (Fsp3) is 0.594. The number of ether oxygens (including phenoxy) is 2. The first-order valence-electron chi connectivity index (χ1n) is 15.7. The van der Waals surface area contributed by atoms with Crippen LogP contribution in [0.1, 0.15) is 73.6 Å². The highest BCUT2D eigenvalue weighted by Gasteiger charge is 2.24. The number of fused-ring (bicyclic) bond motifs is 1. The molecule has 1 unspecified atom stereocenters. The first-order chi connectivity index (χ1) is 21.4. The minimum atomic E-state index is -0.801. The summed E-state index contributed by atoms with van der Waals surface area (Å²) in [5, 5.41) is 6.43. The van der Waals surface area contributed by atoms with E-state index in [1.165, 1.54) is 0 Å². The highest BCUT2D eigenvalue weighted by atomic mass is 16.6. The number of amides is 2. The number of carbonyl (C=O) groups excluding carboxylic acids is 2. The summed E-state index contributed by atoms with van der Waals surface area (Å²) in [7, 11) is 1.97. The monoisotopic (exact) mass is 629 g/mol. The van der Waals surface area contributed by atoms with E-state index in [4.69, 9.17) is 31.7 Å². The van der Waals surface area contributed by atoms with Crippen molar-refractivity contribution >= 4 is 46.2 Å². The Hall–Kier alpha value is -4.13. The van der Waals surface area contributed by atoms with Crippen LogP contribution in [0, 0.1) is 0 Å². The van der Waals surface area contributed by atoms with E-state index in [-0.39, 0.29) is 18.4 Å². The van der Waals surface area contributed by atoms with Crippen molar-refractivity contribution in [1.29, 1.82) is 0 Å². The third-order valence-electron chi connectivity index (χ3n) is 6.25. The Labute approximate surface area is 268 Å². The maximum atomic E-state index is 12.8. The molecule has 2 rings (SSSR count). The Morgan fingerprint density at radius 3 is 2.49 bits per heavy atom. The predicted molar refractivity (Wildman–Crippen MR) is 184 cm³/mol. The maximum Gasteiger partial charge on any atom is 0.408 e. The van der Waals surface area contributed by atoms with Crippen LogP contribution in [-0.4, -0.2) is 85.2 Å². The summed E-state index contributed by atoms with van der Waals surface area (Å²) in [5.41, 5.74) is 17.7. The van der Waals surface area contributed by atoms with Crippen LogP contribution in [0.2, 0.25) is 0 Å². The van der Waals surface area contributed by atoms with Crippen LogP contribution in [0.15, 0.2) is 40.3 Å². The number of rotatable bonds is 16. The summed E-state index contributed by atoms with van der Waals surface area (Å²) in [6.45, 7) is 13.4. The van der Waals surface area contributed by atoms with Gasteiger partial charge in [0, 0.05) is 38.5 Å². The lowest BCUT2D eigenvalue weighted by molar-refractivity contribution is -0.123. The minimum absolute atomic E-state index is 0.0255. The number of nitrogen functional groups attached to an aromatic ring is 1. The Bertz CT molecular complexity index is 1240. The summed E-state index contributed by atoms with van der Waals surface area (Å²) in [6, 6.07) is 8.97. The fourth-order valence-corrected chi connectivity index (χ4v) is 4.04. The second-order valence-electron chi connectivity index (χ2n) is 11.2. The number of guanidine groups is 1. The van der Waals surface area contributed by atoms with Crippen molar-refractivity contribution in [2.75, 3.05) is 45.6 Å². The number of carbonyl (C=O) groups is 2. The van der Waals surface area contributed by atoms with E-state index < -0.39 is 17.7 Å². The van der Waals surface area contributed by atoms with Gasteiger partial charge in [-0.2, -0.15) is 0 Å². The summed E-state index contributed by atoms with van der Waals surface area (Å²) in [4.78, 5) is 40.4. The van der Waals surface area contributed by atoms with Crippen molar-refractivity contribution in [2.24, 2.45) is 21.5 Å². The predicted octanol–water partition coefficient (Wildman–Crippen LogP) is 4.07. The number of aliphatic imine (C=N–C) groups is 2. The quantitative estimate of drug-likeness (QED) is 0.103. The van der Waals surface area contributed by atoms with Crippen LogP contribution in [-0.2, 0) is 14.3 Å². The maximum absolute atomic E-state index is 12.8. The second kappa shape index (κ2) is 20.8. The molecule has 1 aromatic heterocycles. The van der Waals surface area contributed by atoms with Gasteiger partial charge in [-0.1, -0.05) is 45.4 Å². The Balaban J connectivity index is 0.00000496. The van der Waals surface area contributed by atoms with E-state index in [0.29, 0.717) is 50.7 Å². The first kappa shape index (κ1) is 38.9. The standard InChI is InChI=1S/C30H49N9O4.C2H6/c1-6-7-14-25(36-24-20-21-11-8-9-12-22(21)37-26(24)31)39(5)17-19-42-18-16-34-27(40)23(13-10-15-35-28(32)33)38-29(41)43-30(2,3)4;1-2/h8-9,11-12,20,23H,6-7,10,13-19H2,1-5H3,(H2,31,37)(H,34,40)(H,38,41)(H4,32,33,35);1-2H3. The summed E-state index contributed by atoms with van der Waals surface area (Å²) in [5.74, 6) is 0.928. The topological polar surface area (TPSA) is 196 Å². The van der Waals surface area contributed by atoms with Gasteiger partial charge in [-0.05, 0) is 52.2 Å². The number of anilines is 1. The lowest BCUT2D eigenvalue weighted by atomic mass is 10.1. The number of alkyl carbamates (subject to hydrolysis) is 1. The SMILES string of the molecule is CC.CCCCC(=Nc1cc2ccccc2nc1N)N(C)CCOCCNC(=O)C(CCCN=C(N)N)NC(=O)OC(C)(C)C. The molecule has 8 N–H and O–H groups in total. The van der Waals surface area contributed by atoms with Gasteiger partial charge in [-0.15, -0.1) is 0 Å². The molecule has 252 valence electrons. The molecule has 0 saturated carbocycles. The average Bonchev–Trinajstić information content (AvgIpc) is 2.98. The van der Waals surface area contributed by atoms with E-state index in [1.807, 2.05) is 51.2 Å². The number of para-hydroxylation sites is 1. The van der Waals surface area contributed by atoms with Crippen LogP contribution in [0.25, 0.3) is 10.9 Å². The number of unbranched alkanes of at least 4 members (excludes halogenated alkanes) is 1. The van der Waals surface area contributed by atoms with Crippen molar-refractivity contribution in [3.05, 3.63) is 30.3 Å². The largest absolute Gasteiger partial charge is 0.444 e. The van der Waals surface area contributed by atoms with Gasteiger partial charge in [0.1, 0.15) is 29.0 Å². The van der Waals surface area contributed by atoms with Gasteiger partial charge >= 0.3 is 6.09 Å². The number of nitrogens with two attached hydrogens (primary N) is 3. The summed E-state index contributed by atoms with van der Waals surface area (Å²) < 4.78 is 11.1. The molecule has 45 heavy (non-hydrogen) atoms. The van der Waals surface area contributed by atoms with Crippen molar-refractivity contribution in [3.8, 4) is 0 Å². The highest BCUT2D eigenvalue weighted by molar-refractivity contribution is 5.90. The van der Waals surface area contributed by atoms with Crippen LogP contribution in [0.5, 0.6) is 0 Å². The molecular weight excluding hydrogens is 574 g/mol. The molecule has 1 heterocycles. The number of pyridine rings is 1. The number of aromatic nitrogens is 1. The Kier molecular flexibility index (Phi) is 17.9. The molecule has 0 aliphatic carbocycles. The van der Waals surface area contributed by atoms with E-state index in [0.717, 1.165) is 36.0 Å². The number of nitrogens with zero attached hydrogens (tertiary/aromatic N) is 4. The number of hydrogen-bond acceptors (Lipinski definition) is 8. The smallest absolute Gasteiger partial charge is 0.408 e. The molecule has 0 saturated heterocycles. The van der Waals surface area contributed by atoms with Crippen molar-refractivity contribution in [1.82, 2.24) is 20.5 Å². The van der Waals surface area contributed by atoms with Crippen molar-refractivity contribution < 1.29 is 19.1 Å². The molecule has 0 bridgehead atoms. The van der Waals surface area contributed by atoms with Crippen LogP contribution in [0.4, 0.5) is 16.3 Å². The summed E-state index contributed by atoms with van der Waals surface area (Å²) in [6.07, 6.45) is 2.98. The van der Waals surface area contributed by atoms with Crippen molar-refractivity contribution in [2.45, 2.75) is 85.3 Å². The molecule has 0 aliphatic heterocycles. The van der Waals surface area contributed by atoms with Crippen LogP contribution in [0.3, 0.4) is 0 Å². The van der Waals surface area contributed by atoms with Gasteiger partial charge in [0.15, 0.2) is 5.96 Å². The normalized spacial score (nSPS) is 12.0. The average molecular weight is 630 g/mol. The zero-order valence-electron chi connectivity index (χ0n) is 28.2. The molecule has 1 aromatic carbocycles. The van der Waals surface area contributed by atoms with E-state index in [9.17, 15) is 9.59 Å². The Morgan fingerprint density at radius 2 is 1.82 bits per heavy atom. The minimum Gasteiger partial charge on any atom is -0.444 e.